The lowest BCUT2D eigenvalue weighted by Crippen LogP contribution is -2.14. The molecule has 0 amide bonds. The smallest absolute Gasteiger partial charge is 0.0722 e. The standard InChI is InChI=1S/C6H10O2/c7-5-1-2-6(8)4-3-5/h1-2,5-8H,3-4H2/t5-,6+. The lowest BCUT2D eigenvalue weighted by Gasteiger charge is -2.13. The lowest BCUT2D eigenvalue weighted by atomic mass is 10.0. The molecule has 0 unspecified atom stereocenters. The van der Waals surface area contributed by atoms with Crippen molar-refractivity contribution in [3.05, 3.63) is 12.2 Å². The molecule has 0 bridgehead atoms. The Morgan fingerprint density at radius 1 is 1.00 bits per heavy atom. The zero-order valence-corrected chi connectivity index (χ0v) is 4.62. The Labute approximate surface area is 48.5 Å². The van der Waals surface area contributed by atoms with Gasteiger partial charge in [-0.05, 0) is 12.8 Å². The molecule has 0 aliphatic heterocycles. The Hall–Kier alpha value is -0.340. The van der Waals surface area contributed by atoms with E-state index in [-0.39, 0.29) is 12.2 Å². The Kier molecular flexibility index (Phi) is 1.65. The van der Waals surface area contributed by atoms with Crippen LogP contribution in [0.25, 0.3) is 0 Å². The zero-order valence-electron chi connectivity index (χ0n) is 4.62. The molecule has 2 heteroatoms. The molecular weight excluding hydrogens is 104 g/mol. The van der Waals surface area contributed by atoms with Crippen molar-refractivity contribution in [2.75, 3.05) is 0 Å². The molecule has 0 aromatic carbocycles. The van der Waals surface area contributed by atoms with Crippen molar-refractivity contribution in [3.8, 4) is 0 Å². The SMILES string of the molecule is O[C@@H]1C=C[C@H](O)CC1. The number of hydrogen-bond acceptors (Lipinski definition) is 2. The molecule has 0 radical (unpaired) electrons. The number of aliphatic hydroxyl groups excluding tert-OH is 2. The second-order valence-corrected chi connectivity index (χ2v) is 2.10. The van der Waals surface area contributed by atoms with Crippen LogP contribution in [-0.4, -0.2) is 22.4 Å². The summed E-state index contributed by atoms with van der Waals surface area (Å²) >= 11 is 0. The van der Waals surface area contributed by atoms with Gasteiger partial charge in [0.05, 0.1) is 12.2 Å². The molecule has 2 nitrogen and oxygen atoms in total. The summed E-state index contributed by atoms with van der Waals surface area (Å²) < 4.78 is 0. The third-order valence-corrected chi connectivity index (χ3v) is 1.31. The first-order valence-electron chi connectivity index (χ1n) is 2.83. The molecule has 0 saturated heterocycles. The molecular formula is C6H10O2. The van der Waals surface area contributed by atoms with Gasteiger partial charge in [-0.2, -0.15) is 0 Å². The summed E-state index contributed by atoms with van der Waals surface area (Å²) in [5, 5.41) is 17.7. The Balaban J connectivity index is 2.42. The van der Waals surface area contributed by atoms with E-state index in [1.165, 1.54) is 0 Å². The van der Waals surface area contributed by atoms with Gasteiger partial charge in [0, 0.05) is 0 Å². The molecule has 1 aliphatic rings. The van der Waals surface area contributed by atoms with Crippen LogP contribution in [0.1, 0.15) is 12.8 Å². The first-order valence-corrected chi connectivity index (χ1v) is 2.83. The minimum atomic E-state index is -0.321. The van der Waals surface area contributed by atoms with E-state index in [4.69, 9.17) is 10.2 Å². The molecule has 0 aromatic heterocycles. The fourth-order valence-electron chi connectivity index (χ4n) is 0.790. The fraction of sp³-hybridized carbons (Fsp3) is 0.667. The largest absolute Gasteiger partial charge is 0.389 e. The van der Waals surface area contributed by atoms with Crippen LogP contribution in [0.3, 0.4) is 0 Å². The number of hydrogen-bond donors (Lipinski definition) is 2. The van der Waals surface area contributed by atoms with Gasteiger partial charge >= 0.3 is 0 Å². The topological polar surface area (TPSA) is 40.5 Å². The van der Waals surface area contributed by atoms with Gasteiger partial charge < -0.3 is 10.2 Å². The Morgan fingerprint density at radius 3 is 1.62 bits per heavy atom. The van der Waals surface area contributed by atoms with Crippen LogP contribution in [0.15, 0.2) is 12.2 Å². The van der Waals surface area contributed by atoms with Crippen molar-refractivity contribution in [3.63, 3.8) is 0 Å². The van der Waals surface area contributed by atoms with Crippen molar-refractivity contribution < 1.29 is 10.2 Å². The summed E-state index contributed by atoms with van der Waals surface area (Å²) in [5.74, 6) is 0. The average molecular weight is 114 g/mol. The maximum Gasteiger partial charge on any atom is 0.0722 e. The van der Waals surface area contributed by atoms with E-state index in [0.717, 1.165) is 0 Å². The van der Waals surface area contributed by atoms with Crippen LogP contribution in [0, 0.1) is 0 Å². The molecule has 0 aromatic rings. The summed E-state index contributed by atoms with van der Waals surface area (Å²) in [6.45, 7) is 0. The van der Waals surface area contributed by atoms with Crippen LogP contribution >= 0.6 is 0 Å². The van der Waals surface area contributed by atoms with Crippen LogP contribution < -0.4 is 0 Å². The van der Waals surface area contributed by atoms with Gasteiger partial charge in [-0.1, -0.05) is 12.2 Å². The molecule has 1 aliphatic carbocycles. The van der Waals surface area contributed by atoms with Crippen LogP contribution in [0.5, 0.6) is 0 Å². The maximum atomic E-state index is 8.83. The van der Waals surface area contributed by atoms with Gasteiger partial charge in [-0.3, -0.25) is 0 Å². The van der Waals surface area contributed by atoms with E-state index in [0.29, 0.717) is 12.8 Å². The monoisotopic (exact) mass is 114 g/mol. The summed E-state index contributed by atoms with van der Waals surface area (Å²) in [7, 11) is 0. The van der Waals surface area contributed by atoms with Crippen LogP contribution in [-0.2, 0) is 0 Å². The first-order chi connectivity index (χ1) is 3.79. The quantitative estimate of drug-likeness (QED) is 0.437. The Bertz CT molecular complexity index is 86.7. The molecule has 0 fully saturated rings. The number of aliphatic hydroxyl groups is 2. The van der Waals surface area contributed by atoms with E-state index >= 15 is 0 Å². The summed E-state index contributed by atoms with van der Waals surface area (Å²) in [4.78, 5) is 0. The van der Waals surface area contributed by atoms with Crippen molar-refractivity contribution in [2.24, 2.45) is 0 Å². The van der Waals surface area contributed by atoms with Gasteiger partial charge in [-0.15, -0.1) is 0 Å². The minimum absolute atomic E-state index is 0.321. The molecule has 0 heterocycles. The van der Waals surface area contributed by atoms with E-state index in [9.17, 15) is 0 Å². The van der Waals surface area contributed by atoms with Crippen LogP contribution in [0.4, 0.5) is 0 Å². The third kappa shape index (κ3) is 1.32. The second-order valence-electron chi connectivity index (χ2n) is 2.10. The van der Waals surface area contributed by atoms with Gasteiger partial charge in [0.1, 0.15) is 0 Å². The molecule has 1 rings (SSSR count). The van der Waals surface area contributed by atoms with E-state index in [2.05, 4.69) is 0 Å². The third-order valence-electron chi connectivity index (χ3n) is 1.31. The van der Waals surface area contributed by atoms with Gasteiger partial charge in [-0.25, -0.2) is 0 Å². The van der Waals surface area contributed by atoms with Crippen LogP contribution in [0.2, 0.25) is 0 Å². The first kappa shape index (κ1) is 5.79. The van der Waals surface area contributed by atoms with Gasteiger partial charge in [0.2, 0.25) is 0 Å². The average Bonchev–Trinajstić information content (AvgIpc) is 1.77. The molecule has 8 heavy (non-hydrogen) atoms. The predicted molar refractivity (Wildman–Crippen MR) is 30.4 cm³/mol. The predicted octanol–water partition coefficient (Wildman–Crippen LogP) is 0.0582. The van der Waals surface area contributed by atoms with E-state index in [1.807, 2.05) is 0 Å². The lowest BCUT2D eigenvalue weighted by molar-refractivity contribution is 0.146. The van der Waals surface area contributed by atoms with Crippen molar-refractivity contribution in [2.45, 2.75) is 25.0 Å². The van der Waals surface area contributed by atoms with Crippen molar-refractivity contribution in [1.82, 2.24) is 0 Å². The number of rotatable bonds is 0. The molecule has 46 valence electrons. The van der Waals surface area contributed by atoms with Crippen molar-refractivity contribution >= 4 is 0 Å². The van der Waals surface area contributed by atoms with Gasteiger partial charge in [0.25, 0.3) is 0 Å². The maximum absolute atomic E-state index is 8.83. The van der Waals surface area contributed by atoms with Gasteiger partial charge in [0.15, 0.2) is 0 Å². The summed E-state index contributed by atoms with van der Waals surface area (Å²) in [6.07, 6.45) is 4.01. The molecule has 0 saturated carbocycles. The highest BCUT2D eigenvalue weighted by molar-refractivity contribution is 4.98. The molecule has 2 atom stereocenters. The highest BCUT2D eigenvalue weighted by Gasteiger charge is 2.09. The molecule has 0 spiro atoms. The summed E-state index contributed by atoms with van der Waals surface area (Å²) in [5.41, 5.74) is 0. The highest BCUT2D eigenvalue weighted by atomic mass is 16.3. The van der Waals surface area contributed by atoms with E-state index in [1.54, 1.807) is 12.2 Å². The van der Waals surface area contributed by atoms with Crippen molar-refractivity contribution in [1.29, 1.82) is 0 Å². The Morgan fingerprint density at radius 2 is 1.38 bits per heavy atom. The molecule has 2 N–H and O–H groups in total. The fourth-order valence-corrected chi connectivity index (χ4v) is 0.790. The normalized spacial score (nSPS) is 37.8. The second kappa shape index (κ2) is 2.29. The highest BCUT2D eigenvalue weighted by Crippen LogP contribution is 2.09. The minimum Gasteiger partial charge on any atom is -0.389 e. The van der Waals surface area contributed by atoms with E-state index < -0.39 is 0 Å². The summed E-state index contributed by atoms with van der Waals surface area (Å²) in [6, 6.07) is 0. The zero-order chi connectivity index (χ0) is 5.98.